The smallest absolute Gasteiger partial charge is 0.270 e. The van der Waals surface area contributed by atoms with Gasteiger partial charge in [0.25, 0.3) is 5.91 Å². The summed E-state index contributed by atoms with van der Waals surface area (Å²) in [6, 6.07) is 23.7. The highest BCUT2D eigenvalue weighted by Gasteiger charge is 2.50. The van der Waals surface area contributed by atoms with E-state index in [0.29, 0.717) is 17.3 Å². The van der Waals surface area contributed by atoms with Crippen molar-refractivity contribution in [2.75, 3.05) is 24.2 Å². The van der Waals surface area contributed by atoms with Gasteiger partial charge in [-0.1, -0.05) is 41.9 Å². The minimum absolute atomic E-state index is 0.0197. The zero-order chi connectivity index (χ0) is 22.5. The average molecular weight is 467 g/mol. The molecule has 1 N–H and O–H groups in total. The van der Waals surface area contributed by atoms with Crippen molar-refractivity contribution in [1.82, 2.24) is 5.32 Å². The molecular formula is C26H27ClN2O2S. The van der Waals surface area contributed by atoms with Gasteiger partial charge in [-0.25, -0.2) is 0 Å². The number of hydrogen-bond donors (Lipinski definition) is 1. The van der Waals surface area contributed by atoms with Gasteiger partial charge in [0, 0.05) is 22.2 Å². The first kappa shape index (κ1) is 22.7. The highest BCUT2D eigenvalue weighted by Crippen LogP contribution is 2.33. The standard InChI is InChI=1S/C26H27ClN2O2S/c1-18-5-3-4-6-23(18)29-24(17-28-16-15-19-7-13-22(32-2)14-8-19)25(26(29)30)31-21-11-9-20(27)10-12-21/h3-14,24-25,28H,15-17H2,1-2H3/t24-,25-/m0/s1. The molecule has 4 rings (SSSR count). The summed E-state index contributed by atoms with van der Waals surface area (Å²) in [6.45, 7) is 3.51. The number of rotatable bonds is 9. The van der Waals surface area contributed by atoms with Crippen LogP contribution in [-0.4, -0.2) is 37.4 Å². The number of para-hydroxylation sites is 1. The summed E-state index contributed by atoms with van der Waals surface area (Å²) < 4.78 is 6.07. The van der Waals surface area contributed by atoms with Gasteiger partial charge in [0.1, 0.15) is 5.75 Å². The molecule has 2 atom stereocenters. The largest absolute Gasteiger partial charge is 0.478 e. The lowest BCUT2D eigenvalue weighted by Gasteiger charge is -2.47. The van der Waals surface area contributed by atoms with Crippen molar-refractivity contribution in [3.05, 3.63) is 88.9 Å². The number of benzene rings is 3. The maximum absolute atomic E-state index is 13.1. The van der Waals surface area contributed by atoms with Gasteiger partial charge in [0.2, 0.25) is 0 Å². The summed E-state index contributed by atoms with van der Waals surface area (Å²) >= 11 is 7.73. The SMILES string of the molecule is CSc1ccc(CCNC[C@H]2[C@H](Oc3ccc(Cl)cc3)C(=O)N2c2ccccc2C)cc1. The second-order valence-electron chi connectivity index (χ2n) is 7.86. The molecular weight excluding hydrogens is 440 g/mol. The Kier molecular flexibility index (Phi) is 7.40. The quantitative estimate of drug-likeness (QED) is 0.261. The maximum Gasteiger partial charge on any atom is 0.270 e. The zero-order valence-electron chi connectivity index (χ0n) is 18.3. The van der Waals surface area contributed by atoms with E-state index in [1.807, 2.05) is 36.1 Å². The lowest BCUT2D eigenvalue weighted by atomic mass is 9.95. The van der Waals surface area contributed by atoms with Gasteiger partial charge in [0.15, 0.2) is 6.10 Å². The highest BCUT2D eigenvalue weighted by atomic mass is 35.5. The molecule has 1 saturated heterocycles. The van der Waals surface area contributed by atoms with Crippen molar-refractivity contribution in [2.45, 2.75) is 30.4 Å². The van der Waals surface area contributed by atoms with E-state index in [0.717, 1.165) is 24.2 Å². The first-order chi connectivity index (χ1) is 15.6. The Morgan fingerprint density at radius 3 is 2.44 bits per heavy atom. The fraction of sp³-hybridized carbons (Fsp3) is 0.269. The number of anilines is 1. The fourth-order valence-corrected chi connectivity index (χ4v) is 4.45. The zero-order valence-corrected chi connectivity index (χ0v) is 19.8. The van der Waals surface area contributed by atoms with E-state index in [4.69, 9.17) is 16.3 Å². The number of nitrogens with one attached hydrogen (secondary N) is 1. The second kappa shape index (κ2) is 10.4. The molecule has 166 valence electrons. The van der Waals surface area contributed by atoms with Crippen molar-refractivity contribution in [1.29, 1.82) is 0 Å². The van der Waals surface area contributed by atoms with Crippen molar-refractivity contribution >= 4 is 35.0 Å². The first-order valence-corrected chi connectivity index (χ1v) is 12.3. The molecule has 1 fully saturated rings. The van der Waals surface area contributed by atoms with E-state index in [1.54, 1.807) is 36.0 Å². The molecule has 0 bridgehead atoms. The summed E-state index contributed by atoms with van der Waals surface area (Å²) in [7, 11) is 0. The number of aryl methyl sites for hydroxylation is 1. The van der Waals surface area contributed by atoms with Crippen LogP contribution in [0.4, 0.5) is 5.69 Å². The van der Waals surface area contributed by atoms with Gasteiger partial charge < -0.3 is 15.0 Å². The summed E-state index contributed by atoms with van der Waals surface area (Å²) in [5.74, 6) is 0.629. The van der Waals surface area contributed by atoms with E-state index < -0.39 is 6.10 Å². The molecule has 1 amide bonds. The van der Waals surface area contributed by atoms with Gasteiger partial charge in [0.05, 0.1) is 6.04 Å². The third kappa shape index (κ3) is 5.12. The summed E-state index contributed by atoms with van der Waals surface area (Å²) in [6.07, 6.45) is 2.49. The lowest BCUT2D eigenvalue weighted by Crippen LogP contribution is -2.70. The molecule has 1 heterocycles. The van der Waals surface area contributed by atoms with Crippen molar-refractivity contribution < 1.29 is 9.53 Å². The number of nitrogens with zero attached hydrogens (tertiary/aromatic N) is 1. The molecule has 3 aromatic carbocycles. The minimum atomic E-state index is -0.524. The Balaban J connectivity index is 1.42. The number of hydrogen-bond acceptors (Lipinski definition) is 4. The van der Waals surface area contributed by atoms with E-state index in [9.17, 15) is 4.79 Å². The Morgan fingerprint density at radius 1 is 1.03 bits per heavy atom. The monoisotopic (exact) mass is 466 g/mol. The third-order valence-corrected chi connectivity index (χ3v) is 6.71. The summed E-state index contributed by atoms with van der Waals surface area (Å²) in [4.78, 5) is 16.2. The Bertz CT molecular complexity index is 1060. The van der Waals surface area contributed by atoms with Crippen LogP contribution in [-0.2, 0) is 11.2 Å². The molecule has 0 spiro atoms. The predicted octanol–water partition coefficient (Wildman–Crippen LogP) is 5.37. The Morgan fingerprint density at radius 2 is 1.75 bits per heavy atom. The number of thioether (sulfide) groups is 1. The van der Waals surface area contributed by atoms with Gasteiger partial charge in [-0.15, -0.1) is 11.8 Å². The predicted molar refractivity (Wildman–Crippen MR) is 133 cm³/mol. The molecule has 3 aromatic rings. The van der Waals surface area contributed by atoms with Crippen LogP contribution in [0.25, 0.3) is 0 Å². The molecule has 4 nitrogen and oxygen atoms in total. The van der Waals surface area contributed by atoms with Crippen LogP contribution >= 0.6 is 23.4 Å². The van der Waals surface area contributed by atoms with Crippen LogP contribution in [0, 0.1) is 6.92 Å². The van der Waals surface area contributed by atoms with Gasteiger partial charge in [-0.3, -0.25) is 4.79 Å². The molecule has 0 saturated carbocycles. The molecule has 1 aliphatic rings. The molecule has 0 unspecified atom stereocenters. The summed E-state index contributed by atoms with van der Waals surface area (Å²) in [5, 5.41) is 4.17. The number of amides is 1. The normalized spacial score (nSPS) is 17.8. The summed E-state index contributed by atoms with van der Waals surface area (Å²) in [5.41, 5.74) is 3.31. The topological polar surface area (TPSA) is 41.6 Å². The Hall–Kier alpha value is -2.47. The first-order valence-electron chi connectivity index (χ1n) is 10.7. The van der Waals surface area contributed by atoms with Crippen molar-refractivity contribution in [2.24, 2.45) is 0 Å². The van der Waals surface area contributed by atoms with Crippen LogP contribution in [0.1, 0.15) is 11.1 Å². The second-order valence-corrected chi connectivity index (χ2v) is 9.17. The molecule has 0 aromatic heterocycles. The van der Waals surface area contributed by atoms with E-state index in [1.165, 1.54) is 10.5 Å². The number of carbonyl (C=O) groups excluding carboxylic acids is 1. The minimum Gasteiger partial charge on any atom is -0.478 e. The van der Waals surface area contributed by atoms with Crippen molar-refractivity contribution in [3.8, 4) is 5.75 Å². The van der Waals surface area contributed by atoms with E-state index >= 15 is 0 Å². The van der Waals surface area contributed by atoms with Crippen molar-refractivity contribution in [3.63, 3.8) is 0 Å². The molecule has 6 heteroatoms. The van der Waals surface area contributed by atoms with Gasteiger partial charge in [-0.2, -0.15) is 0 Å². The molecule has 32 heavy (non-hydrogen) atoms. The third-order valence-electron chi connectivity index (χ3n) is 5.72. The van der Waals surface area contributed by atoms with Crippen LogP contribution in [0.2, 0.25) is 5.02 Å². The van der Waals surface area contributed by atoms with Crippen LogP contribution < -0.4 is 15.0 Å². The average Bonchev–Trinajstić information content (AvgIpc) is 2.82. The van der Waals surface area contributed by atoms with E-state index in [2.05, 4.69) is 35.8 Å². The molecule has 1 aliphatic heterocycles. The van der Waals surface area contributed by atoms with Crippen LogP contribution in [0.3, 0.4) is 0 Å². The van der Waals surface area contributed by atoms with Crippen LogP contribution in [0.5, 0.6) is 5.75 Å². The van der Waals surface area contributed by atoms with Gasteiger partial charge >= 0.3 is 0 Å². The van der Waals surface area contributed by atoms with Gasteiger partial charge in [-0.05, 0) is 79.7 Å². The number of halogens is 1. The highest BCUT2D eigenvalue weighted by molar-refractivity contribution is 7.98. The number of β-lactam (4-membered cyclic amide) rings is 1. The lowest BCUT2D eigenvalue weighted by molar-refractivity contribution is -0.134. The molecule has 0 radical (unpaired) electrons. The Labute approximate surface area is 198 Å². The van der Waals surface area contributed by atoms with Crippen LogP contribution in [0.15, 0.2) is 77.7 Å². The maximum atomic E-state index is 13.1. The fourth-order valence-electron chi connectivity index (χ4n) is 3.91. The number of ether oxygens (including phenoxy) is 1. The molecule has 0 aliphatic carbocycles. The number of carbonyl (C=O) groups is 1. The van der Waals surface area contributed by atoms with E-state index in [-0.39, 0.29) is 11.9 Å².